The van der Waals surface area contributed by atoms with Gasteiger partial charge >= 0.3 is 0 Å². The fourth-order valence-electron chi connectivity index (χ4n) is 2.55. The standard InChI is InChI=1S/C18H19N3O4S2/c1-19-27(24,25)14-5-2-12(3-6-14)11-20-18(23)13-4-7-16-15(10-13)21-17(22)8-9-26-16/h2-7,10,19H,8-9,11H2,1H3,(H,20,23)(H,21,22). The molecule has 0 atom stereocenters. The molecule has 2 aromatic rings. The lowest BCUT2D eigenvalue weighted by molar-refractivity contribution is -0.115. The zero-order chi connectivity index (χ0) is 19.4. The van der Waals surface area contributed by atoms with Crippen LogP contribution in [0, 0.1) is 0 Å². The fraction of sp³-hybridized carbons (Fsp3) is 0.222. The van der Waals surface area contributed by atoms with E-state index in [-0.39, 0.29) is 23.3 Å². The summed E-state index contributed by atoms with van der Waals surface area (Å²) in [5.74, 6) is 0.382. The van der Waals surface area contributed by atoms with Gasteiger partial charge in [-0.1, -0.05) is 12.1 Å². The zero-order valence-electron chi connectivity index (χ0n) is 14.6. The fourth-order valence-corrected chi connectivity index (χ4v) is 4.22. The number of amides is 2. The van der Waals surface area contributed by atoms with E-state index in [1.807, 2.05) is 6.07 Å². The van der Waals surface area contributed by atoms with Gasteiger partial charge in [-0.3, -0.25) is 9.59 Å². The zero-order valence-corrected chi connectivity index (χ0v) is 16.2. The van der Waals surface area contributed by atoms with Crippen LogP contribution in [0.2, 0.25) is 0 Å². The third-order valence-corrected chi connectivity index (χ3v) is 6.56. The summed E-state index contributed by atoms with van der Waals surface area (Å²) in [5, 5.41) is 5.61. The first-order chi connectivity index (χ1) is 12.9. The number of thioether (sulfide) groups is 1. The molecule has 2 amide bonds. The van der Waals surface area contributed by atoms with Crippen molar-refractivity contribution in [3.05, 3.63) is 53.6 Å². The molecule has 0 spiro atoms. The van der Waals surface area contributed by atoms with Crippen LogP contribution in [0.25, 0.3) is 0 Å². The maximum absolute atomic E-state index is 12.4. The predicted molar refractivity (Wildman–Crippen MR) is 104 cm³/mol. The number of benzene rings is 2. The number of carbonyl (C=O) groups is 2. The molecule has 1 aliphatic heterocycles. The van der Waals surface area contributed by atoms with Crippen molar-refractivity contribution in [3.63, 3.8) is 0 Å². The van der Waals surface area contributed by atoms with Crippen LogP contribution in [0.5, 0.6) is 0 Å². The van der Waals surface area contributed by atoms with Gasteiger partial charge in [-0.25, -0.2) is 13.1 Å². The van der Waals surface area contributed by atoms with Gasteiger partial charge in [0, 0.05) is 29.2 Å². The Morgan fingerprint density at radius 2 is 1.93 bits per heavy atom. The summed E-state index contributed by atoms with van der Waals surface area (Å²) in [7, 11) is -2.13. The average molecular weight is 406 g/mol. The molecule has 0 unspecified atom stereocenters. The summed E-state index contributed by atoms with van der Waals surface area (Å²) >= 11 is 1.58. The highest BCUT2D eigenvalue weighted by Crippen LogP contribution is 2.31. The molecular formula is C18H19N3O4S2. The van der Waals surface area contributed by atoms with Gasteiger partial charge in [0.25, 0.3) is 5.91 Å². The molecule has 0 saturated heterocycles. The van der Waals surface area contributed by atoms with Crippen molar-refractivity contribution in [2.45, 2.75) is 22.8 Å². The molecule has 1 aliphatic rings. The molecule has 9 heteroatoms. The molecule has 0 aromatic heterocycles. The van der Waals surface area contributed by atoms with Crippen molar-refractivity contribution in [3.8, 4) is 0 Å². The lowest BCUT2D eigenvalue weighted by atomic mass is 10.1. The molecule has 3 rings (SSSR count). The maximum atomic E-state index is 12.4. The van der Waals surface area contributed by atoms with Gasteiger partial charge in [-0.2, -0.15) is 0 Å². The van der Waals surface area contributed by atoms with E-state index < -0.39 is 10.0 Å². The highest BCUT2D eigenvalue weighted by Gasteiger charge is 2.16. The molecular weight excluding hydrogens is 386 g/mol. The first-order valence-corrected chi connectivity index (χ1v) is 10.7. The SMILES string of the molecule is CNS(=O)(=O)c1ccc(CNC(=O)c2ccc3c(c2)NC(=O)CCS3)cc1. The van der Waals surface area contributed by atoms with Crippen LogP contribution in [0.1, 0.15) is 22.3 Å². The van der Waals surface area contributed by atoms with E-state index in [9.17, 15) is 18.0 Å². The Bertz CT molecular complexity index is 973. The Hall–Kier alpha value is -2.36. The second kappa shape index (κ2) is 8.12. The molecule has 27 heavy (non-hydrogen) atoms. The van der Waals surface area contributed by atoms with Crippen molar-refractivity contribution in [1.29, 1.82) is 0 Å². The van der Waals surface area contributed by atoms with Crippen LogP contribution in [0.3, 0.4) is 0 Å². The van der Waals surface area contributed by atoms with E-state index in [0.717, 1.165) is 10.5 Å². The quantitative estimate of drug-likeness (QED) is 0.705. The Morgan fingerprint density at radius 3 is 2.63 bits per heavy atom. The molecule has 3 N–H and O–H groups in total. The number of hydrogen-bond acceptors (Lipinski definition) is 5. The summed E-state index contributed by atoms with van der Waals surface area (Å²) < 4.78 is 25.7. The van der Waals surface area contributed by atoms with Gasteiger partial charge in [-0.15, -0.1) is 11.8 Å². The van der Waals surface area contributed by atoms with E-state index in [1.165, 1.54) is 19.2 Å². The Labute approximate surface area is 162 Å². The summed E-state index contributed by atoms with van der Waals surface area (Å²) in [6, 6.07) is 11.5. The smallest absolute Gasteiger partial charge is 0.251 e. The average Bonchev–Trinajstić information content (AvgIpc) is 2.86. The van der Waals surface area contributed by atoms with Gasteiger partial charge in [0.15, 0.2) is 0 Å². The molecule has 0 fully saturated rings. The van der Waals surface area contributed by atoms with Gasteiger partial charge in [0.1, 0.15) is 0 Å². The first kappa shape index (κ1) is 19.4. The molecule has 0 aliphatic carbocycles. The third kappa shape index (κ3) is 4.68. The van der Waals surface area contributed by atoms with Crippen molar-refractivity contribution < 1.29 is 18.0 Å². The minimum absolute atomic E-state index is 0.0598. The Morgan fingerprint density at radius 1 is 1.19 bits per heavy atom. The van der Waals surface area contributed by atoms with Crippen LogP contribution < -0.4 is 15.4 Å². The second-order valence-corrected chi connectivity index (χ2v) is 8.92. The Kier molecular flexibility index (Phi) is 5.83. The summed E-state index contributed by atoms with van der Waals surface area (Å²) in [6.07, 6.45) is 0.445. The van der Waals surface area contributed by atoms with Crippen molar-refractivity contribution in [1.82, 2.24) is 10.0 Å². The number of hydrogen-bond donors (Lipinski definition) is 3. The second-order valence-electron chi connectivity index (χ2n) is 5.89. The van der Waals surface area contributed by atoms with Crippen LogP contribution >= 0.6 is 11.8 Å². The van der Waals surface area contributed by atoms with E-state index >= 15 is 0 Å². The van der Waals surface area contributed by atoms with Crippen LogP contribution in [-0.4, -0.2) is 33.0 Å². The summed E-state index contributed by atoms with van der Waals surface area (Å²) in [4.78, 5) is 25.2. The maximum Gasteiger partial charge on any atom is 0.251 e. The molecule has 0 bridgehead atoms. The minimum Gasteiger partial charge on any atom is -0.348 e. The monoisotopic (exact) mass is 405 g/mol. The van der Waals surface area contributed by atoms with Crippen LogP contribution in [-0.2, 0) is 21.4 Å². The van der Waals surface area contributed by atoms with Gasteiger partial charge in [0.05, 0.1) is 10.6 Å². The number of rotatable bonds is 5. The van der Waals surface area contributed by atoms with Crippen LogP contribution in [0.15, 0.2) is 52.3 Å². The molecule has 7 nitrogen and oxygen atoms in total. The number of sulfonamides is 1. The molecule has 142 valence electrons. The van der Waals surface area contributed by atoms with E-state index in [0.29, 0.717) is 23.4 Å². The normalized spacial score (nSPS) is 14.0. The molecule has 0 saturated carbocycles. The molecule has 1 heterocycles. The third-order valence-electron chi connectivity index (χ3n) is 4.06. The van der Waals surface area contributed by atoms with Crippen LogP contribution in [0.4, 0.5) is 5.69 Å². The highest BCUT2D eigenvalue weighted by molar-refractivity contribution is 7.99. The molecule has 2 aromatic carbocycles. The summed E-state index contributed by atoms with van der Waals surface area (Å²) in [6.45, 7) is 0.261. The van der Waals surface area contributed by atoms with Gasteiger partial charge in [0.2, 0.25) is 15.9 Å². The predicted octanol–water partition coefficient (Wildman–Crippen LogP) is 1.96. The lowest BCUT2D eigenvalue weighted by Crippen LogP contribution is -2.23. The largest absolute Gasteiger partial charge is 0.348 e. The van der Waals surface area contributed by atoms with Crippen molar-refractivity contribution in [2.24, 2.45) is 0 Å². The topological polar surface area (TPSA) is 104 Å². The van der Waals surface area contributed by atoms with Crippen molar-refractivity contribution in [2.75, 3.05) is 18.1 Å². The van der Waals surface area contributed by atoms with E-state index in [1.54, 1.807) is 36.0 Å². The van der Waals surface area contributed by atoms with E-state index in [4.69, 9.17) is 0 Å². The number of carbonyl (C=O) groups excluding carboxylic acids is 2. The highest BCUT2D eigenvalue weighted by atomic mass is 32.2. The minimum atomic E-state index is -3.48. The number of anilines is 1. The van der Waals surface area contributed by atoms with E-state index in [2.05, 4.69) is 15.4 Å². The lowest BCUT2D eigenvalue weighted by Gasteiger charge is -2.10. The summed E-state index contributed by atoms with van der Waals surface area (Å²) in [5.41, 5.74) is 1.87. The number of nitrogens with one attached hydrogen (secondary N) is 3. The van der Waals surface area contributed by atoms with Gasteiger partial charge in [-0.05, 0) is 42.9 Å². The molecule has 0 radical (unpaired) electrons. The number of fused-ring (bicyclic) bond motifs is 1. The van der Waals surface area contributed by atoms with Crippen molar-refractivity contribution >= 4 is 39.3 Å². The van der Waals surface area contributed by atoms with Gasteiger partial charge < -0.3 is 10.6 Å². The Balaban J connectivity index is 1.67. The first-order valence-electron chi connectivity index (χ1n) is 8.26.